The highest BCUT2D eigenvalue weighted by molar-refractivity contribution is 7.89. The van der Waals surface area contributed by atoms with Crippen LogP contribution in [0, 0.1) is 0 Å². The topological polar surface area (TPSA) is 105 Å². The normalized spacial score (nSPS) is 18.2. The van der Waals surface area contributed by atoms with Crippen molar-refractivity contribution in [3.8, 4) is 11.5 Å². The van der Waals surface area contributed by atoms with Gasteiger partial charge in [-0.05, 0) is 48.7 Å². The molecule has 1 saturated heterocycles. The van der Waals surface area contributed by atoms with Gasteiger partial charge in [0.25, 0.3) is 0 Å². The van der Waals surface area contributed by atoms with Gasteiger partial charge in [0.05, 0.1) is 19.1 Å². The van der Waals surface area contributed by atoms with Crippen molar-refractivity contribution < 1.29 is 27.5 Å². The zero-order chi connectivity index (χ0) is 23.8. The fourth-order valence-corrected chi connectivity index (χ4v) is 5.97. The molecule has 4 rings (SSSR count). The van der Waals surface area contributed by atoms with Crippen molar-refractivity contribution in [3.63, 3.8) is 0 Å². The summed E-state index contributed by atoms with van der Waals surface area (Å²) in [6.07, 6.45) is 1.92. The van der Waals surface area contributed by atoms with Crippen molar-refractivity contribution in [1.82, 2.24) is 4.31 Å². The fourth-order valence-electron chi connectivity index (χ4n) is 4.40. The van der Waals surface area contributed by atoms with Gasteiger partial charge in [-0.15, -0.1) is 0 Å². The van der Waals surface area contributed by atoms with E-state index in [-0.39, 0.29) is 23.1 Å². The third-order valence-corrected chi connectivity index (χ3v) is 7.93. The van der Waals surface area contributed by atoms with Crippen LogP contribution in [-0.2, 0) is 26.0 Å². The number of hydrogen-bond donors (Lipinski definition) is 1. The maximum absolute atomic E-state index is 13.1. The Balaban J connectivity index is 1.60. The first kappa shape index (κ1) is 23.1. The van der Waals surface area contributed by atoms with Gasteiger partial charge in [-0.1, -0.05) is 0 Å². The summed E-state index contributed by atoms with van der Waals surface area (Å²) in [4.78, 5) is 27.2. The summed E-state index contributed by atoms with van der Waals surface area (Å²) in [6.45, 7) is 2.41. The van der Waals surface area contributed by atoms with E-state index in [0.29, 0.717) is 41.5 Å². The number of carbonyl (C=O) groups is 2. The highest BCUT2D eigenvalue weighted by Gasteiger charge is 2.38. The Morgan fingerprint density at radius 3 is 2.33 bits per heavy atom. The fraction of sp³-hybridized carbons (Fsp3) is 0.391. The van der Waals surface area contributed by atoms with Crippen LogP contribution < -0.4 is 19.7 Å². The summed E-state index contributed by atoms with van der Waals surface area (Å²) in [5.74, 6) is 0.319. The van der Waals surface area contributed by atoms with E-state index in [1.807, 2.05) is 0 Å². The van der Waals surface area contributed by atoms with Crippen LogP contribution >= 0.6 is 0 Å². The smallest absolute Gasteiger partial charge is 0.247 e. The van der Waals surface area contributed by atoms with E-state index < -0.39 is 16.1 Å². The minimum atomic E-state index is -3.60. The zero-order valence-electron chi connectivity index (χ0n) is 18.8. The second-order valence-corrected chi connectivity index (χ2v) is 10.0. The highest BCUT2D eigenvalue weighted by atomic mass is 32.2. The molecule has 0 bridgehead atoms. The van der Waals surface area contributed by atoms with Gasteiger partial charge < -0.3 is 14.8 Å². The van der Waals surface area contributed by atoms with E-state index in [1.165, 1.54) is 36.4 Å². The van der Waals surface area contributed by atoms with E-state index in [1.54, 1.807) is 30.3 Å². The van der Waals surface area contributed by atoms with Crippen LogP contribution in [0.15, 0.2) is 41.3 Å². The number of nitrogens with one attached hydrogen (secondary N) is 1. The van der Waals surface area contributed by atoms with Crippen molar-refractivity contribution in [2.24, 2.45) is 0 Å². The van der Waals surface area contributed by atoms with Crippen LogP contribution in [0.25, 0.3) is 0 Å². The summed E-state index contributed by atoms with van der Waals surface area (Å²) < 4.78 is 37.9. The van der Waals surface area contributed by atoms with Gasteiger partial charge in [0.15, 0.2) is 11.5 Å². The van der Waals surface area contributed by atoms with Gasteiger partial charge in [0.2, 0.25) is 21.8 Å². The van der Waals surface area contributed by atoms with Crippen LogP contribution in [-0.4, -0.2) is 57.9 Å². The molecule has 2 amide bonds. The average Bonchev–Trinajstić information content (AvgIpc) is 3.47. The lowest BCUT2D eigenvalue weighted by Crippen LogP contribution is -2.44. The maximum atomic E-state index is 13.1. The number of anilines is 2. The van der Waals surface area contributed by atoms with Crippen LogP contribution in [0.1, 0.15) is 25.3 Å². The minimum Gasteiger partial charge on any atom is -0.493 e. The van der Waals surface area contributed by atoms with E-state index in [4.69, 9.17) is 9.47 Å². The second kappa shape index (κ2) is 9.03. The predicted octanol–water partition coefficient (Wildman–Crippen LogP) is 2.40. The Bertz CT molecular complexity index is 1190. The van der Waals surface area contributed by atoms with Gasteiger partial charge in [-0.3, -0.25) is 14.5 Å². The quantitative estimate of drug-likeness (QED) is 0.691. The molecule has 2 aliphatic rings. The Hall–Kier alpha value is -3.11. The van der Waals surface area contributed by atoms with Crippen LogP contribution in [0.3, 0.4) is 0 Å². The monoisotopic (exact) mass is 473 g/mol. The summed E-state index contributed by atoms with van der Waals surface area (Å²) in [6, 6.07) is 8.91. The molecule has 0 radical (unpaired) electrons. The van der Waals surface area contributed by atoms with E-state index in [2.05, 4.69) is 5.32 Å². The third kappa shape index (κ3) is 4.28. The van der Waals surface area contributed by atoms with Crippen molar-refractivity contribution in [3.05, 3.63) is 42.0 Å². The molecular weight excluding hydrogens is 446 g/mol. The number of amides is 2. The number of benzene rings is 2. The van der Waals surface area contributed by atoms with E-state index in [9.17, 15) is 18.0 Å². The molecule has 176 valence electrons. The summed E-state index contributed by atoms with van der Waals surface area (Å²) in [5.41, 5.74) is 1.70. The molecule has 0 aromatic heterocycles. The predicted molar refractivity (Wildman–Crippen MR) is 123 cm³/mol. The average molecular weight is 474 g/mol. The lowest BCUT2D eigenvalue weighted by Gasteiger charge is -2.23. The molecule has 0 aliphatic carbocycles. The van der Waals surface area contributed by atoms with Crippen LogP contribution in [0.4, 0.5) is 11.4 Å². The maximum Gasteiger partial charge on any atom is 0.247 e. The van der Waals surface area contributed by atoms with Crippen molar-refractivity contribution >= 4 is 33.2 Å². The molecule has 1 fully saturated rings. The number of carbonyl (C=O) groups excluding carboxylic acids is 2. The molecule has 9 nitrogen and oxygen atoms in total. The molecule has 0 spiro atoms. The molecule has 2 aromatic carbocycles. The molecule has 0 saturated carbocycles. The standard InChI is InChI=1S/C23H27N3O6S/c1-15(27)26-19-8-7-18(33(29,30)25-10-4-5-11-25)12-16(19)13-20(26)23(28)24-17-6-9-21(31-2)22(14-17)32-3/h6-9,12,14,20H,4-5,10-11,13H2,1-3H3,(H,24,28). The van der Waals surface area contributed by atoms with Gasteiger partial charge in [0.1, 0.15) is 6.04 Å². The number of hydrogen-bond acceptors (Lipinski definition) is 6. The Morgan fingerprint density at radius 2 is 1.70 bits per heavy atom. The van der Waals surface area contributed by atoms with Crippen LogP contribution in [0.2, 0.25) is 0 Å². The number of ether oxygens (including phenoxy) is 2. The number of sulfonamides is 1. The lowest BCUT2D eigenvalue weighted by molar-refractivity contribution is -0.122. The molecule has 1 atom stereocenters. The molecule has 1 unspecified atom stereocenters. The summed E-state index contributed by atoms with van der Waals surface area (Å²) in [5, 5.41) is 2.82. The summed E-state index contributed by atoms with van der Waals surface area (Å²) in [7, 11) is -0.570. The summed E-state index contributed by atoms with van der Waals surface area (Å²) >= 11 is 0. The second-order valence-electron chi connectivity index (χ2n) is 8.07. The SMILES string of the molecule is COc1ccc(NC(=O)C2Cc3cc(S(=O)(=O)N4CCCC4)ccc3N2C(C)=O)cc1OC. The molecule has 2 aliphatic heterocycles. The molecule has 33 heavy (non-hydrogen) atoms. The molecule has 2 heterocycles. The largest absolute Gasteiger partial charge is 0.493 e. The Kier molecular flexibility index (Phi) is 6.31. The van der Waals surface area contributed by atoms with Crippen molar-refractivity contribution in [2.45, 2.75) is 37.1 Å². The number of fused-ring (bicyclic) bond motifs is 1. The lowest BCUT2D eigenvalue weighted by atomic mass is 10.1. The molecule has 2 aromatic rings. The number of nitrogens with zero attached hydrogens (tertiary/aromatic N) is 2. The minimum absolute atomic E-state index is 0.188. The van der Waals surface area contributed by atoms with Gasteiger partial charge in [0, 0.05) is 43.9 Å². The van der Waals surface area contributed by atoms with E-state index in [0.717, 1.165) is 12.8 Å². The first-order chi connectivity index (χ1) is 15.8. The van der Waals surface area contributed by atoms with Crippen molar-refractivity contribution in [1.29, 1.82) is 0 Å². The number of rotatable bonds is 6. The zero-order valence-corrected chi connectivity index (χ0v) is 19.6. The van der Waals surface area contributed by atoms with E-state index >= 15 is 0 Å². The van der Waals surface area contributed by atoms with Gasteiger partial charge in [-0.2, -0.15) is 4.31 Å². The highest BCUT2D eigenvalue weighted by Crippen LogP contribution is 2.36. The number of methoxy groups -OCH3 is 2. The Labute approximate surface area is 193 Å². The first-order valence-electron chi connectivity index (χ1n) is 10.7. The first-order valence-corrected chi connectivity index (χ1v) is 12.2. The molecule has 10 heteroatoms. The van der Waals surface area contributed by atoms with Crippen molar-refractivity contribution in [2.75, 3.05) is 37.5 Å². The van der Waals surface area contributed by atoms with Crippen LogP contribution in [0.5, 0.6) is 11.5 Å². The third-order valence-electron chi connectivity index (χ3n) is 6.03. The Morgan fingerprint density at radius 1 is 1.00 bits per heavy atom. The molecule has 1 N–H and O–H groups in total. The van der Waals surface area contributed by atoms with Gasteiger partial charge >= 0.3 is 0 Å². The van der Waals surface area contributed by atoms with Gasteiger partial charge in [-0.25, -0.2) is 8.42 Å². The molecular formula is C23H27N3O6S.